The monoisotopic (exact) mass is 288 g/mol. The van der Waals surface area contributed by atoms with Crippen molar-refractivity contribution in [1.29, 1.82) is 0 Å². The summed E-state index contributed by atoms with van der Waals surface area (Å²) >= 11 is 13.3. The van der Waals surface area contributed by atoms with E-state index in [0.717, 1.165) is 11.3 Å². The van der Waals surface area contributed by atoms with E-state index in [1.54, 1.807) is 12.1 Å². The first-order valence-electron chi connectivity index (χ1n) is 4.96. The van der Waals surface area contributed by atoms with Gasteiger partial charge in [-0.15, -0.1) is 0 Å². The first kappa shape index (κ1) is 12.7. The number of benzene rings is 1. The molecule has 3 nitrogen and oxygen atoms in total. The molecule has 0 fully saturated rings. The highest BCUT2D eigenvalue weighted by atomic mass is 35.5. The van der Waals surface area contributed by atoms with Gasteiger partial charge in [0.25, 0.3) is 5.91 Å². The highest BCUT2D eigenvalue weighted by Gasteiger charge is 2.24. The standard InChI is InChI=1S/C11H10Cl2N2OS/c1-17-10-5-9(14-15-11(10)16)6-2-3-7(12)8(13)4-6/h2-4,10H,5H2,1H3,(H,15,16). The topological polar surface area (TPSA) is 41.5 Å². The van der Waals surface area contributed by atoms with E-state index in [2.05, 4.69) is 10.5 Å². The Hall–Kier alpha value is -0.710. The van der Waals surface area contributed by atoms with Gasteiger partial charge in [-0.1, -0.05) is 29.3 Å². The lowest BCUT2D eigenvalue weighted by Crippen LogP contribution is -2.36. The summed E-state index contributed by atoms with van der Waals surface area (Å²) in [7, 11) is 0. The molecule has 1 atom stereocenters. The number of carbonyl (C=O) groups excluding carboxylic acids is 1. The molecule has 1 aliphatic rings. The molecule has 2 rings (SSSR count). The summed E-state index contributed by atoms with van der Waals surface area (Å²) in [6.45, 7) is 0. The smallest absolute Gasteiger partial charge is 0.253 e. The number of thioether (sulfide) groups is 1. The molecule has 1 heterocycles. The number of amides is 1. The molecule has 90 valence electrons. The number of halogens is 2. The Labute approximate surface area is 114 Å². The van der Waals surface area contributed by atoms with E-state index in [9.17, 15) is 4.79 Å². The summed E-state index contributed by atoms with van der Waals surface area (Å²) in [5.41, 5.74) is 4.23. The van der Waals surface area contributed by atoms with Gasteiger partial charge in [0.1, 0.15) is 0 Å². The van der Waals surface area contributed by atoms with Crippen molar-refractivity contribution in [2.45, 2.75) is 11.7 Å². The zero-order valence-corrected chi connectivity index (χ0v) is 11.4. The second kappa shape index (κ2) is 5.29. The first-order chi connectivity index (χ1) is 8.11. The maximum Gasteiger partial charge on any atom is 0.253 e. The van der Waals surface area contributed by atoms with Crippen LogP contribution in [0.25, 0.3) is 0 Å². The average molecular weight is 289 g/mol. The molecule has 6 heteroatoms. The van der Waals surface area contributed by atoms with Crippen molar-refractivity contribution >= 4 is 46.6 Å². The van der Waals surface area contributed by atoms with Crippen LogP contribution < -0.4 is 5.43 Å². The molecule has 0 bridgehead atoms. The van der Waals surface area contributed by atoms with Crippen LogP contribution in [0.4, 0.5) is 0 Å². The highest BCUT2D eigenvalue weighted by molar-refractivity contribution is 7.99. The SMILES string of the molecule is CSC1CC(c2ccc(Cl)c(Cl)c2)=NNC1=O. The molecule has 1 amide bonds. The number of rotatable bonds is 2. The van der Waals surface area contributed by atoms with Crippen molar-refractivity contribution in [3.8, 4) is 0 Å². The zero-order valence-electron chi connectivity index (χ0n) is 9.04. The summed E-state index contributed by atoms with van der Waals surface area (Å²) in [5, 5.41) is 4.95. The van der Waals surface area contributed by atoms with Crippen molar-refractivity contribution in [2.75, 3.05) is 6.26 Å². The fourth-order valence-electron chi connectivity index (χ4n) is 1.56. The molecule has 1 aromatic rings. The van der Waals surface area contributed by atoms with Crippen LogP contribution in [0, 0.1) is 0 Å². The first-order valence-corrected chi connectivity index (χ1v) is 7.01. The Morgan fingerprint density at radius 1 is 1.41 bits per heavy atom. The molecule has 1 unspecified atom stereocenters. The predicted octanol–water partition coefficient (Wildman–Crippen LogP) is 2.95. The minimum Gasteiger partial charge on any atom is -0.272 e. The molecular formula is C11H10Cl2N2OS. The van der Waals surface area contributed by atoms with Gasteiger partial charge in [0.2, 0.25) is 0 Å². The predicted molar refractivity (Wildman–Crippen MR) is 73.1 cm³/mol. The van der Waals surface area contributed by atoms with Gasteiger partial charge in [0.15, 0.2) is 0 Å². The van der Waals surface area contributed by atoms with Gasteiger partial charge in [-0.05, 0) is 24.0 Å². The van der Waals surface area contributed by atoms with Crippen molar-refractivity contribution in [3.63, 3.8) is 0 Å². The van der Waals surface area contributed by atoms with Crippen molar-refractivity contribution in [2.24, 2.45) is 5.10 Å². The van der Waals surface area contributed by atoms with Crippen molar-refractivity contribution in [1.82, 2.24) is 5.43 Å². The van der Waals surface area contributed by atoms with Crippen LogP contribution in [-0.4, -0.2) is 23.1 Å². The van der Waals surface area contributed by atoms with Gasteiger partial charge >= 0.3 is 0 Å². The number of nitrogens with one attached hydrogen (secondary N) is 1. The minimum atomic E-state index is -0.100. The summed E-state index contributed by atoms with van der Waals surface area (Å²) < 4.78 is 0. The number of nitrogens with zero attached hydrogens (tertiary/aromatic N) is 1. The number of carbonyl (C=O) groups is 1. The number of hydrogen-bond donors (Lipinski definition) is 1. The molecule has 17 heavy (non-hydrogen) atoms. The molecule has 1 N–H and O–H groups in total. The van der Waals surface area contributed by atoms with Gasteiger partial charge < -0.3 is 0 Å². The average Bonchev–Trinajstić information content (AvgIpc) is 2.33. The second-order valence-electron chi connectivity index (χ2n) is 3.59. The van der Waals surface area contributed by atoms with Gasteiger partial charge in [-0.2, -0.15) is 16.9 Å². The van der Waals surface area contributed by atoms with Gasteiger partial charge in [-0.3, -0.25) is 4.79 Å². The lowest BCUT2D eigenvalue weighted by molar-refractivity contribution is -0.120. The highest BCUT2D eigenvalue weighted by Crippen LogP contribution is 2.25. The molecule has 0 spiro atoms. The molecule has 0 radical (unpaired) electrons. The molecule has 0 saturated carbocycles. The molecule has 1 aliphatic heterocycles. The maximum absolute atomic E-state index is 11.4. The van der Waals surface area contributed by atoms with E-state index in [4.69, 9.17) is 23.2 Å². The normalized spacial score (nSPS) is 19.8. The maximum atomic E-state index is 11.4. The molecular weight excluding hydrogens is 279 g/mol. The van der Waals surface area contributed by atoms with Gasteiger partial charge in [-0.25, -0.2) is 5.43 Å². The molecule has 0 aromatic heterocycles. The van der Waals surface area contributed by atoms with E-state index in [0.29, 0.717) is 16.5 Å². The Balaban J connectivity index is 2.28. The van der Waals surface area contributed by atoms with E-state index in [-0.39, 0.29) is 11.2 Å². The summed E-state index contributed by atoms with van der Waals surface area (Å²) in [4.78, 5) is 11.4. The van der Waals surface area contributed by atoms with Crippen LogP contribution in [0.5, 0.6) is 0 Å². The van der Waals surface area contributed by atoms with Gasteiger partial charge in [0, 0.05) is 6.42 Å². The Kier molecular flexibility index (Phi) is 3.97. The number of hydrogen-bond acceptors (Lipinski definition) is 3. The molecule has 1 aromatic carbocycles. The van der Waals surface area contributed by atoms with Crippen LogP contribution >= 0.6 is 35.0 Å². The summed E-state index contributed by atoms with van der Waals surface area (Å²) in [6, 6.07) is 5.34. The van der Waals surface area contributed by atoms with Crippen LogP contribution in [0.15, 0.2) is 23.3 Å². The molecule has 0 saturated heterocycles. The summed E-state index contributed by atoms with van der Waals surface area (Å²) in [6.07, 6.45) is 2.51. The van der Waals surface area contributed by atoms with Crippen LogP contribution in [0.2, 0.25) is 10.0 Å². The quantitative estimate of drug-likeness (QED) is 0.909. The van der Waals surface area contributed by atoms with E-state index in [1.807, 2.05) is 12.3 Å². The third-order valence-electron chi connectivity index (χ3n) is 2.51. The largest absolute Gasteiger partial charge is 0.272 e. The summed E-state index contributed by atoms with van der Waals surface area (Å²) in [5.74, 6) is -0.0543. The Bertz CT molecular complexity index is 490. The lowest BCUT2D eigenvalue weighted by Gasteiger charge is -2.19. The Morgan fingerprint density at radius 3 is 2.82 bits per heavy atom. The Morgan fingerprint density at radius 2 is 2.18 bits per heavy atom. The van der Waals surface area contributed by atoms with E-state index in [1.165, 1.54) is 11.8 Å². The third-order valence-corrected chi connectivity index (χ3v) is 4.20. The van der Waals surface area contributed by atoms with Crippen molar-refractivity contribution in [3.05, 3.63) is 33.8 Å². The van der Waals surface area contributed by atoms with Crippen LogP contribution in [0.3, 0.4) is 0 Å². The second-order valence-corrected chi connectivity index (χ2v) is 5.45. The van der Waals surface area contributed by atoms with Crippen LogP contribution in [-0.2, 0) is 4.79 Å². The lowest BCUT2D eigenvalue weighted by atomic mass is 10.0. The minimum absolute atomic E-state index is 0.0543. The fourth-order valence-corrected chi connectivity index (χ4v) is 2.45. The van der Waals surface area contributed by atoms with E-state index >= 15 is 0 Å². The van der Waals surface area contributed by atoms with Crippen molar-refractivity contribution < 1.29 is 4.79 Å². The fraction of sp³-hybridized carbons (Fsp3) is 0.273. The zero-order chi connectivity index (χ0) is 12.4. The molecule has 0 aliphatic carbocycles. The van der Waals surface area contributed by atoms with Crippen LogP contribution in [0.1, 0.15) is 12.0 Å². The van der Waals surface area contributed by atoms with E-state index < -0.39 is 0 Å². The van der Waals surface area contributed by atoms with Gasteiger partial charge in [0.05, 0.1) is 21.0 Å². The number of hydrazone groups is 1. The third kappa shape index (κ3) is 2.76.